The second-order valence-electron chi connectivity index (χ2n) is 5.96. The Labute approximate surface area is 137 Å². The summed E-state index contributed by atoms with van der Waals surface area (Å²) < 4.78 is 28.4. The molecule has 5 heteroatoms. The summed E-state index contributed by atoms with van der Waals surface area (Å²) in [6.07, 6.45) is 0.831. The van der Waals surface area contributed by atoms with Gasteiger partial charge in [0.25, 0.3) is 0 Å². The lowest BCUT2D eigenvalue weighted by Crippen LogP contribution is -2.40. The average molecular weight is 322 g/mol. The van der Waals surface area contributed by atoms with Crippen molar-refractivity contribution in [2.24, 2.45) is 0 Å². The molecule has 0 amide bonds. The maximum Gasteiger partial charge on any atom is 0.120 e. The summed E-state index contributed by atoms with van der Waals surface area (Å²) in [7, 11) is 0. The summed E-state index contributed by atoms with van der Waals surface area (Å²) >= 11 is 0. The minimum absolute atomic E-state index is 0.308. The normalized spacial score (nSPS) is 23.3. The summed E-state index contributed by atoms with van der Waals surface area (Å²) in [5, 5.41) is 0. The highest BCUT2D eigenvalue weighted by atomic mass is 16.6. The molecule has 0 radical (unpaired) electrons. The number of hydrogen-bond donors (Lipinski definition) is 0. The molecule has 0 atom stereocenters. The fourth-order valence-electron chi connectivity index (χ4n) is 3.12. The molecule has 2 aliphatic carbocycles. The smallest absolute Gasteiger partial charge is 0.120 e. The maximum atomic E-state index is 6.22. The molecule has 1 heterocycles. The predicted molar refractivity (Wildman–Crippen MR) is 85.8 cm³/mol. The molecule has 1 fully saturated rings. The SMILES string of the molecule is Cc1cc2cc(c1)C21CCOCCOCCOCCOCCO1. The molecule has 0 aromatic heterocycles. The monoisotopic (exact) mass is 322 g/mol. The number of aryl methyl sites for hydroxylation is 1. The first-order chi connectivity index (χ1) is 11.3. The zero-order valence-corrected chi connectivity index (χ0v) is 13.8. The molecular weight excluding hydrogens is 296 g/mol. The summed E-state index contributed by atoms with van der Waals surface area (Å²) in [5.74, 6) is 0. The lowest BCUT2D eigenvalue weighted by molar-refractivity contribution is -0.0819. The van der Waals surface area contributed by atoms with Gasteiger partial charge in [0.2, 0.25) is 0 Å². The third kappa shape index (κ3) is 4.11. The van der Waals surface area contributed by atoms with Gasteiger partial charge in [0.1, 0.15) is 5.60 Å². The van der Waals surface area contributed by atoms with Crippen LogP contribution in [-0.2, 0) is 29.3 Å². The van der Waals surface area contributed by atoms with E-state index in [0.29, 0.717) is 59.5 Å². The molecule has 1 aromatic carbocycles. The molecule has 0 saturated carbocycles. The van der Waals surface area contributed by atoms with E-state index in [2.05, 4.69) is 25.1 Å². The van der Waals surface area contributed by atoms with Gasteiger partial charge in [-0.3, -0.25) is 0 Å². The predicted octanol–water partition coefficient (Wildman–Crippen LogP) is 2.04. The van der Waals surface area contributed by atoms with Gasteiger partial charge >= 0.3 is 0 Å². The van der Waals surface area contributed by atoms with Crippen LogP contribution >= 0.6 is 0 Å². The molecular formula is C18H26O5. The fourth-order valence-corrected chi connectivity index (χ4v) is 3.12. The summed E-state index contributed by atoms with van der Waals surface area (Å²) in [6.45, 7) is 7.49. The Morgan fingerprint density at radius 3 is 1.70 bits per heavy atom. The summed E-state index contributed by atoms with van der Waals surface area (Å²) in [6, 6.07) is 6.59. The van der Waals surface area contributed by atoms with Crippen molar-refractivity contribution in [2.75, 3.05) is 59.5 Å². The van der Waals surface area contributed by atoms with E-state index in [0.717, 1.165) is 6.42 Å². The molecule has 5 nitrogen and oxygen atoms in total. The Morgan fingerprint density at radius 1 is 0.652 bits per heavy atom. The van der Waals surface area contributed by atoms with Crippen LogP contribution in [-0.4, -0.2) is 59.5 Å². The van der Waals surface area contributed by atoms with Crippen LogP contribution < -0.4 is 0 Å². The van der Waals surface area contributed by atoms with E-state index in [1.165, 1.54) is 16.7 Å². The topological polar surface area (TPSA) is 46.2 Å². The van der Waals surface area contributed by atoms with Crippen LogP contribution in [0.4, 0.5) is 0 Å². The molecule has 1 aliphatic heterocycles. The van der Waals surface area contributed by atoms with Gasteiger partial charge in [0.15, 0.2) is 0 Å². The van der Waals surface area contributed by atoms with E-state index in [-0.39, 0.29) is 5.60 Å². The molecule has 0 N–H and O–H groups in total. The van der Waals surface area contributed by atoms with Gasteiger partial charge in [-0.15, -0.1) is 0 Å². The first-order valence-electron chi connectivity index (χ1n) is 8.39. The Kier molecular flexibility index (Phi) is 6.02. The van der Waals surface area contributed by atoms with Crippen molar-refractivity contribution >= 4 is 0 Å². The Bertz CT molecular complexity index is 462. The van der Waals surface area contributed by atoms with E-state index in [1.807, 2.05) is 0 Å². The van der Waals surface area contributed by atoms with Gasteiger partial charge in [-0.2, -0.15) is 0 Å². The lowest BCUT2D eigenvalue weighted by atomic mass is 9.72. The number of hydrogen-bond acceptors (Lipinski definition) is 5. The quantitative estimate of drug-likeness (QED) is 0.731. The maximum absolute atomic E-state index is 6.22. The molecule has 128 valence electrons. The van der Waals surface area contributed by atoms with Crippen molar-refractivity contribution < 1.29 is 23.7 Å². The van der Waals surface area contributed by atoms with E-state index in [4.69, 9.17) is 23.7 Å². The van der Waals surface area contributed by atoms with Crippen molar-refractivity contribution in [2.45, 2.75) is 18.9 Å². The highest BCUT2D eigenvalue weighted by molar-refractivity contribution is 5.50. The standard InChI is InChI=1S/C18H26O5/c1-15-12-16-14-17(13-15)18(16)2-3-19-4-5-20-6-7-21-8-9-22-10-11-23-18/h12-14H,2-11H2,1H3. The van der Waals surface area contributed by atoms with Gasteiger partial charge in [-0.25, -0.2) is 0 Å². The molecule has 1 aromatic rings. The van der Waals surface area contributed by atoms with Crippen LogP contribution in [0, 0.1) is 6.92 Å². The van der Waals surface area contributed by atoms with Gasteiger partial charge in [-0.1, -0.05) is 17.7 Å². The summed E-state index contributed by atoms with van der Waals surface area (Å²) in [5.41, 5.74) is 3.47. The zero-order chi connectivity index (χ0) is 16.0. The number of rotatable bonds is 0. The van der Waals surface area contributed by atoms with Crippen molar-refractivity contribution in [3.05, 3.63) is 34.9 Å². The van der Waals surface area contributed by atoms with Gasteiger partial charge in [0, 0.05) is 6.42 Å². The van der Waals surface area contributed by atoms with Crippen molar-refractivity contribution in [1.29, 1.82) is 0 Å². The molecule has 2 bridgehead atoms. The minimum atomic E-state index is -0.308. The first-order valence-corrected chi connectivity index (χ1v) is 8.39. The Morgan fingerprint density at radius 2 is 1.13 bits per heavy atom. The summed E-state index contributed by atoms with van der Waals surface area (Å²) in [4.78, 5) is 0. The van der Waals surface area contributed by atoms with E-state index in [9.17, 15) is 0 Å². The third-order valence-corrected chi connectivity index (χ3v) is 4.30. The van der Waals surface area contributed by atoms with Crippen molar-refractivity contribution in [1.82, 2.24) is 0 Å². The van der Waals surface area contributed by atoms with Gasteiger partial charge < -0.3 is 23.7 Å². The number of fused-ring (bicyclic) bond motifs is 2. The molecule has 1 saturated heterocycles. The molecule has 3 aliphatic rings. The molecule has 23 heavy (non-hydrogen) atoms. The number of ether oxygens (including phenoxy) is 5. The zero-order valence-electron chi connectivity index (χ0n) is 13.8. The van der Waals surface area contributed by atoms with E-state index >= 15 is 0 Å². The van der Waals surface area contributed by atoms with Crippen LogP contribution in [0.1, 0.15) is 23.1 Å². The second kappa shape index (κ2) is 8.22. The van der Waals surface area contributed by atoms with E-state index < -0.39 is 0 Å². The first kappa shape index (κ1) is 16.9. The van der Waals surface area contributed by atoms with Gasteiger partial charge in [-0.05, 0) is 24.1 Å². The molecule has 1 spiro atoms. The van der Waals surface area contributed by atoms with Crippen LogP contribution in [0.5, 0.6) is 0 Å². The average Bonchev–Trinajstić information content (AvgIpc) is 2.54. The lowest BCUT2D eigenvalue weighted by Gasteiger charge is -2.42. The minimum Gasteiger partial charge on any atom is -0.379 e. The largest absolute Gasteiger partial charge is 0.379 e. The highest BCUT2D eigenvalue weighted by Crippen LogP contribution is 2.46. The molecule has 4 rings (SSSR count). The van der Waals surface area contributed by atoms with Crippen LogP contribution in [0.15, 0.2) is 18.2 Å². The fraction of sp³-hybridized carbons (Fsp3) is 0.667. The Balaban J connectivity index is 1.57. The van der Waals surface area contributed by atoms with E-state index in [1.54, 1.807) is 0 Å². The third-order valence-electron chi connectivity index (χ3n) is 4.30. The van der Waals surface area contributed by atoms with Crippen LogP contribution in [0.25, 0.3) is 0 Å². The van der Waals surface area contributed by atoms with Gasteiger partial charge in [0.05, 0.1) is 59.5 Å². The second-order valence-corrected chi connectivity index (χ2v) is 5.96. The molecule has 0 unspecified atom stereocenters. The Hall–Kier alpha value is -0.980. The van der Waals surface area contributed by atoms with Crippen LogP contribution in [0.3, 0.4) is 0 Å². The highest BCUT2D eigenvalue weighted by Gasteiger charge is 2.42. The number of benzene rings is 1. The van der Waals surface area contributed by atoms with Crippen LogP contribution in [0.2, 0.25) is 0 Å². The van der Waals surface area contributed by atoms with Crippen molar-refractivity contribution in [3.63, 3.8) is 0 Å². The van der Waals surface area contributed by atoms with Crippen molar-refractivity contribution in [3.8, 4) is 0 Å².